The van der Waals surface area contributed by atoms with Gasteiger partial charge in [0.05, 0.1) is 11.4 Å². The first-order valence-corrected chi connectivity index (χ1v) is 7.35. The molecule has 114 valence electrons. The van der Waals surface area contributed by atoms with Crippen LogP contribution in [0.25, 0.3) is 0 Å². The van der Waals surface area contributed by atoms with Crippen LogP contribution in [0.2, 0.25) is 0 Å². The van der Waals surface area contributed by atoms with E-state index in [9.17, 15) is 9.59 Å². The van der Waals surface area contributed by atoms with Crippen LogP contribution in [0.1, 0.15) is 25.3 Å². The summed E-state index contributed by atoms with van der Waals surface area (Å²) in [6, 6.07) is 17.3. The van der Waals surface area contributed by atoms with E-state index in [0.29, 0.717) is 17.8 Å². The summed E-state index contributed by atoms with van der Waals surface area (Å²) in [6.07, 6.45) is 2.11. The van der Waals surface area contributed by atoms with Crippen LogP contribution in [0.15, 0.2) is 54.6 Å². The van der Waals surface area contributed by atoms with E-state index in [4.69, 9.17) is 0 Å². The standard InChI is InChI=1S/C18H20N2O2/c1-14(21)19-16-11-5-6-12-17(16)20-18(22)13-7-10-15-8-3-2-4-9-15/h2-6,8-9,11-12H,7,10,13H2,1H3,(H,19,21)(H,20,22). The normalized spacial score (nSPS) is 10.0. The molecule has 0 spiro atoms. The van der Waals surface area contributed by atoms with Crippen molar-refractivity contribution < 1.29 is 9.59 Å². The molecule has 0 saturated carbocycles. The molecule has 0 atom stereocenters. The maximum Gasteiger partial charge on any atom is 0.224 e. The molecule has 2 N–H and O–H groups in total. The summed E-state index contributed by atoms with van der Waals surface area (Å²) in [7, 11) is 0. The number of rotatable bonds is 6. The molecule has 0 radical (unpaired) electrons. The molecule has 0 heterocycles. The maximum atomic E-state index is 12.0. The second-order valence-electron chi connectivity index (χ2n) is 5.11. The molecule has 2 aromatic carbocycles. The topological polar surface area (TPSA) is 58.2 Å². The first kappa shape index (κ1) is 15.8. The SMILES string of the molecule is CC(=O)Nc1ccccc1NC(=O)CCCc1ccccc1. The Balaban J connectivity index is 1.85. The van der Waals surface area contributed by atoms with Gasteiger partial charge in [0.25, 0.3) is 0 Å². The molecule has 0 aliphatic carbocycles. The predicted octanol–water partition coefficient (Wildman–Crippen LogP) is 3.61. The second kappa shape index (κ2) is 7.98. The van der Waals surface area contributed by atoms with Crippen LogP contribution in [-0.4, -0.2) is 11.8 Å². The van der Waals surface area contributed by atoms with Crippen molar-refractivity contribution >= 4 is 23.2 Å². The Morgan fingerprint density at radius 1 is 0.864 bits per heavy atom. The van der Waals surface area contributed by atoms with E-state index in [0.717, 1.165) is 12.8 Å². The lowest BCUT2D eigenvalue weighted by molar-refractivity contribution is -0.116. The van der Waals surface area contributed by atoms with Gasteiger partial charge in [-0.2, -0.15) is 0 Å². The molecule has 0 aliphatic rings. The van der Waals surface area contributed by atoms with Gasteiger partial charge in [0, 0.05) is 13.3 Å². The van der Waals surface area contributed by atoms with E-state index in [-0.39, 0.29) is 11.8 Å². The zero-order valence-corrected chi connectivity index (χ0v) is 12.6. The lowest BCUT2D eigenvalue weighted by atomic mass is 10.1. The quantitative estimate of drug-likeness (QED) is 0.855. The van der Waals surface area contributed by atoms with Gasteiger partial charge in [-0.05, 0) is 30.5 Å². The lowest BCUT2D eigenvalue weighted by Gasteiger charge is -2.11. The van der Waals surface area contributed by atoms with Crippen LogP contribution in [0.3, 0.4) is 0 Å². The Kier molecular flexibility index (Phi) is 5.72. The summed E-state index contributed by atoms with van der Waals surface area (Å²) in [6.45, 7) is 1.44. The first-order chi connectivity index (χ1) is 10.6. The minimum absolute atomic E-state index is 0.0475. The Morgan fingerprint density at radius 2 is 1.45 bits per heavy atom. The molecule has 4 nitrogen and oxygen atoms in total. The van der Waals surface area contributed by atoms with Gasteiger partial charge in [-0.15, -0.1) is 0 Å². The Morgan fingerprint density at radius 3 is 2.09 bits per heavy atom. The summed E-state index contributed by atoms with van der Waals surface area (Å²) in [5.41, 5.74) is 2.47. The monoisotopic (exact) mass is 296 g/mol. The van der Waals surface area contributed by atoms with E-state index < -0.39 is 0 Å². The highest BCUT2D eigenvalue weighted by molar-refractivity contribution is 5.98. The van der Waals surface area contributed by atoms with Crippen LogP contribution in [0.4, 0.5) is 11.4 Å². The highest BCUT2D eigenvalue weighted by Crippen LogP contribution is 2.21. The fourth-order valence-corrected chi connectivity index (χ4v) is 2.20. The zero-order chi connectivity index (χ0) is 15.8. The highest BCUT2D eigenvalue weighted by Gasteiger charge is 2.07. The molecule has 2 aromatic rings. The van der Waals surface area contributed by atoms with Crippen molar-refractivity contribution in [3.63, 3.8) is 0 Å². The Labute approximate surface area is 130 Å². The summed E-state index contributed by atoms with van der Waals surface area (Å²) in [4.78, 5) is 23.2. The minimum atomic E-state index is -0.161. The van der Waals surface area contributed by atoms with Crippen LogP contribution in [0.5, 0.6) is 0 Å². The number of benzene rings is 2. The van der Waals surface area contributed by atoms with Crippen molar-refractivity contribution in [2.24, 2.45) is 0 Å². The average molecular weight is 296 g/mol. The fourth-order valence-electron chi connectivity index (χ4n) is 2.20. The van der Waals surface area contributed by atoms with Gasteiger partial charge >= 0.3 is 0 Å². The van der Waals surface area contributed by atoms with Crippen LogP contribution in [0, 0.1) is 0 Å². The van der Waals surface area contributed by atoms with Gasteiger partial charge < -0.3 is 10.6 Å². The Bertz CT molecular complexity index is 639. The largest absolute Gasteiger partial charge is 0.325 e. The molecule has 0 saturated heterocycles. The van der Waals surface area contributed by atoms with E-state index in [2.05, 4.69) is 22.8 Å². The lowest BCUT2D eigenvalue weighted by Crippen LogP contribution is -2.14. The van der Waals surface area contributed by atoms with Gasteiger partial charge in [-0.3, -0.25) is 9.59 Å². The number of carbonyl (C=O) groups is 2. The smallest absolute Gasteiger partial charge is 0.224 e. The molecule has 0 unspecified atom stereocenters. The summed E-state index contributed by atoms with van der Waals surface area (Å²) < 4.78 is 0. The van der Waals surface area contributed by atoms with Crippen LogP contribution >= 0.6 is 0 Å². The molecule has 22 heavy (non-hydrogen) atoms. The van der Waals surface area contributed by atoms with Crippen molar-refractivity contribution in [1.29, 1.82) is 0 Å². The van der Waals surface area contributed by atoms with E-state index in [1.54, 1.807) is 12.1 Å². The number of aryl methyl sites for hydroxylation is 1. The second-order valence-corrected chi connectivity index (χ2v) is 5.11. The van der Waals surface area contributed by atoms with Crippen LogP contribution in [-0.2, 0) is 16.0 Å². The molecule has 2 amide bonds. The van der Waals surface area contributed by atoms with Gasteiger partial charge in [0.1, 0.15) is 0 Å². The highest BCUT2D eigenvalue weighted by atomic mass is 16.2. The number of hydrogen-bond acceptors (Lipinski definition) is 2. The van der Waals surface area contributed by atoms with Crippen molar-refractivity contribution in [2.45, 2.75) is 26.2 Å². The third-order valence-electron chi connectivity index (χ3n) is 3.22. The number of amides is 2. The minimum Gasteiger partial charge on any atom is -0.325 e. The molecule has 0 bridgehead atoms. The number of anilines is 2. The molecular formula is C18H20N2O2. The van der Waals surface area contributed by atoms with Crippen LogP contribution < -0.4 is 10.6 Å². The molecular weight excluding hydrogens is 276 g/mol. The van der Waals surface area contributed by atoms with E-state index in [1.807, 2.05) is 30.3 Å². The molecule has 0 aliphatic heterocycles. The third kappa shape index (κ3) is 5.05. The number of hydrogen-bond donors (Lipinski definition) is 2. The maximum absolute atomic E-state index is 12.0. The third-order valence-corrected chi connectivity index (χ3v) is 3.22. The predicted molar refractivity (Wildman–Crippen MR) is 88.8 cm³/mol. The molecule has 0 aromatic heterocycles. The van der Waals surface area contributed by atoms with E-state index in [1.165, 1.54) is 12.5 Å². The zero-order valence-electron chi connectivity index (χ0n) is 12.6. The van der Waals surface area contributed by atoms with Gasteiger partial charge in [0.15, 0.2) is 0 Å². The van der Waals surface area contributed by atoms with Crippen molar-refractivity contribution in [1.82, 2.24) is 0 Å². The number of carbonyl (C=O) groups excluding carboxylic acids is 2. The summed E-state index contributed by atoms with van der Waals surface area (Å²) >= 11 is 0. The van der Waals surface area contributed by atoms with Crippen molar-refractivity contribution in [2.75, 3.05) is 10.6 Å². The number of nitrogens with one attached hydrogen (secondary N) is 2. The molecule has 4 heteroatoms. The van der Waals surface area contributed by atoms with E-state index >= 15 is 0 Å². The molecule has 0 fully saturated rings. The average Bonchev–Trinajstić information content (AvgIpc) is 2.50. The van der Waals surface area contributed by atoms with Crippen molar-refractivity contribution in [3.05, 3.63) is 60.2 Å². The Hall–Kier alpha value is -2.62. The van der Waals surface area contributed by atoms with Crippen molar-refractivity contribution in [3.8, 4) is 0 Å². The summed E-state index contributed by atoms with van der Waals surface area (Å²) in [5.74, 6) is -0.209. The first-order valence-electron chi connectivity index (χ1n) is 7.35. The molecule has 2 rings (SSSR count). The van der Waals surface area contributed by atoms with Gasteiger partial charge in [-0.25, -0.2) is 0 Å². The summed E-state index contributed by atoms with van der Waals surface area (Å²) in [5, 5.41) is 5.56. The number of para-hydroxylation sites is 2. The van der Waals surface area contributed by atoms with Gasteiger partial charge in [-0.1, -0.05) is 42.5 Å². The van der Waals surface area contributed by atoms with Gasteiger partial charge in [0.2, 0.25) is 11.8 Å². The fraction of sp³-hybridized carbons (Fsp3) is 0.222.